The van der Waals surface area contributed by atoms with Gasteiger partial charge < -0.3 is 15.0 Å². The van der Waals surface area contributed by atoms with Crippen molar-refractivity contribution in [1.82, 2.24) is 10.2 Å². The summed E-state index contributed by atoms with van der Waals surface area (Å²) in [6.07, 6.45) is 1.29. The lowest BCUT2D eigenvalue weighted by Crippen LogP contribution is -2.57. The van der Waals surface area contributed by atoms with Gasteiger partial charge in [-0.15, -0.1) is 0 Å². The second-order valence-electron chi connectivity index (χ2n) is 9.65. The van der Waals surface area contributed by atoms with Crippen LogP contribution in [0.1, 0.15) is 32.3 Å². The van der Waals surface area contributed by atoms with E-state index >= 15 is 0 Å². The molecule has 0 aromatic heterocycles. The van der Waals surface area contributed by atoms with Crippen molar-refractivity contribution in [2.45, 2.75) is 38.1 Å². The average molecular weight is 479 g/mol. The molecule has 3 aliphatic heterocycles. The Labute approximate surface area is 204 Å². The van der Waals surface area contributed by atoms with Gasteiger partial charge in [0.05, 0.1) is 5.41 Å². The molecule has 35 heavy (non-hydrogen) atoms. The highest BCUT2D eigenvalue weighted by Gasteiger charge is 2.58. The van der Waals surface area contributed by atoms with Gasteiger partial charge in [0.15, 0.2) is 5.78 Å². The van der Waals surface area contributed by atoms with Crippen LogP contribution in [0.3, 0.4) is 0 Å². The summed E-state index contributed by atoms with van der Waals surface area (Å²) in [4.78, 5) is 27.2. The standard InChI is InChI=1S/C27H31FN4O3/c1-18(10-13-31-14-11-25(34)29-12-15-31)27(20-6-4-3-5-7-20)24-17-35-23-9-8-21(28)16-22(23)32(24)30-26(27)19(2)33/h3-9,16,18,24H,10-15,17H2,1-2H3,(H,29,34)/t18?,24?,27-/m1/s1. The van der Waals surface area contributed by atoms with Crippen molar-refractivity contribution in [1.29, 1.82) is 0 Å². The van der Waals surface area contributed by atoms with E-state index in [1.807, 2.05) is 30.3 Å². The number of nitrogens with one attached hydrogen (secondary N) is 1. The number of fused-ring (bicyclic) bond motifs is 3. The van der Waals surface area contributed by atoms with Crippen molar-refractivity contribution >= 4 is 23.1 Å². The number of ketones is 1. The van der Waals surface area contributed by atoms with E-state index in [2.05, 4.69) is 17.1 Å². The number of halogens is 1. The topological polar surface area (TPSA) is 74.2 Å². The van der Waals surface area contributed by atoms with E-state index in [0.717, 1.165) is 31.6 Å². The minimum absolute atomic E-state index is 0.0215. The Morgan fingerprint density at radius 2 is 2.06 bits per heavy atom. The lowest BCUT2D eigenvalue weighted by molar-refractivity contribution is -0.120. The van der Waals surface area contributed by atoms with Crippen molar-refractivity contribution < 1.29 is 18.7 Å². The minimum Gasteiger partial charge on any atom is -0.489 e. The van der Waals surface area contributed by atoms with Crippen molar-refractivity contribution in [3.8, 4) is 5.75 Å². The molecule has 5 rings (SSSR count). The third kappa shape index (κ3) is 4.10. The summed E-state index contributed by atoms with van der Waals surface area (Å²) in [5.41, 5.74) is 1.30. The van der Waals surface area contributed by atoms with Gasteiger partial charge in [-0.25, -0.2) is 4.39 Å². The van der Waals surface area contributed by atoms with Gasteiger partial charge in [-0.3, -0.25) is 14.6 Å². The van der Waals surface area contributed by atoms with Crippen molar-refractivity contribution in [2.24, 2.45) is 11.0 Å². The Morgan fingerprint density at radius 1 is 1.26 bits per heavy atom. The third-order valence-electron chi connectivity index (χ3n) is 7.63. The number of hydrazone groups is 1. The monoisotopic (exact) mass is 478 g/mol. The second kappa shape index (κ2) is 9.41. The third-order valence-corrected chi connectivity index (χ3v) is 7.63. The zero-order valence-electron chi connectivity index (χ0n) is 20.2. The van der Waals surface area contributed by atoms with Gasteiger partial charge in [0.1, 0.15) is 35.6 Å². The summed E-state index contributed by atoms with van der Waals surface area (Å²) < 4.78 is 20.4. The molecule has 2 aromatic rings. The number of Topliss-reactive ketones (excluding diaryl/α,β-unsaturated/α-hetero) is 1. The van der Waals surface area contributed by atoms with Gasteiger partial charge in [-0.2, -0.15) is 5.10 Å². The molecule has 3 atom stereocenters. The summed E-state index contributed by atoms with van der Waals surface area (Å²) in [7, 11) is 0. The van der Waals surface area contributed by atoms with E-state index in [-0.39, 0.29) is 29.5 Å². The molecule has 2 unspecified atom stereocenters. The van der Waals surface area contributed by atoms with Gasteiger partial charge in [-0.1, -0.05) is 37.3 Å². The van der Waals surface area contributed by atoms with Gasteiger partial charge >= 0.3 is 0 Å². The molecule has 0 saturated carbocycles. The number of anilines is 1. The summed E-state index contributed by atoms with van der Waals surface area (Å²) in [6, 6.07) is 14.1. The molecule has 184 valence electrons. The Bertz CT molecular complexity index is 1150. The first kappa shape index (κ1) is 23.5. The van der Waals surface area contributed by atoms with Gasteiger partial charge in [0.2, 0.25) is 5.91 Å². The molecule has 2 aromatic carbocycles. The Kier molecular flexibility index (Phi) is 6.32. The fraction of sp³-hybridized carbons (Fsp3) is 0.444. The van der Waals surface area contributed by atoms with Crippen molar-refractivity contribution in [3.05, 3.63) is 59.9 Å². The number of amides is 1. The fourth-order valence-electron chi connectivity index (χ4n) is 5.89. The first-order chi connectivity index (χ1) is 16.9. The normalized spacial score (nSPS) is 25.0. The van der Waals surface area contributed by atoms with E-state index in [1.165, 1.54) is 12.1 Å². The molecule has 3 heterocycles. The molecular formula is C27H31FN4O3. The van der Waals surface area contributed by atoms with Crippen LogP contribution >= 0.6 is 0 Å². The maximum absolute atomic E-state index is 14.2. The Hall–Kier alpha value is -3.26. The molecule has 0 bridgehead atoms. The van der Waals surface area contributed by atoms with Crippen LogP contribution in [0, 0.1) is 11.7 Å². The van der Waals surface area contributed by atoms with Crippen molar-refractivity contribution in [2.75, 3.05) is 37.8 Å². The molecule has 1 amide bonds. The molecule has 1 saturated heterocycles. The number of rotatable bonds is 6. The molecule has 0 aliphatic carbocycles. The largest absolute Gasteiger partial charge is 0.489 e. The highest BCUT2D eigenvalue weighted by Crippen LogP contribution is 2.50. The van der Waals surface area contributed by atoms with E-state index < -0.39 is 5.41 Å². The van der Waals surface area contributed by atoms with E-state index in [4.69, 9.17) is 9.84 Å². The van der Waals surface area contributed by atoms with Gasteiger partial charge in [-0.05, 0) is 36.6 Å². The van der Waals surface area contributed by atoms with Crippen LogP contribution in [0.5, 0.6) is 5.75 Å². The summed E-state index contributed by atoms with van der Waals surface area (Å²) >= 11 is 0. The smallest absolute Gasteiger partial charge is 0.221 e. The second-order valence-corrected chi connectivity index (χ2v) is 9.65. The molecular weight excluding hydrogens is 447 g/mol. The van der Waals surface area contributed by atoms with Crippen LogP contribution in [0.4, 0.5) is 10.1 Å². The highest BCUT2D eigenvalue weighted by atomic mass is 19.1. The molecule has 0 radical (unpaired) electrons. The Morgan fingerprint density at radius 3 is 2.83 bits per heavy atom. The van der Waals surface area contributed by atoms with Crippen LogP contribution in [-0.2, 0) is 15.0 Å². The van der Waals surface area contributed by atoms with E-state index in [1.54, 1.807) is 18.0 Å². The summed E-state index contributed by atoms with van der Waals surface area (Å²) in [5.74, 6) is 0.199. The van der Waals surface area contributed by atoms with E-state index in [9.17, 15) is 14.0 Å². The maximum Gasteiger partial charge on any atom is 0.221 e. The number of nitrogens with zero attached hydrogens (tertiary/aromatic N) is 3. The molecule has 0 spiro atoms. The number of carbonyl (C=O) groups excluding carboxylic acids is 2. The zero-order chi connectivity index (χ0) is 24.6. The number of hydrogen-bond acceptors (Lipinski definition) is 6. The average Bonchev–Trinajstić information content (AvgIpc) is 3.09. The summed E-state index contributed by atoms with van der Waals surface area (Å²) in [6.45, 7) is 7.02. The van der Waals surface area contributed by atoms with Gasteiger partial charge in [0, 0.05) is 39.0 Å². The first-order valence-corrected chi connectivity index (χ1v) is 12.3. The van der Waals surface area contributed by atoms with Crippen LogP contribution in [0.2, 0.25) is 0 Å². The van der Waals surface area contributed by atoms with E-state index in [0.29, 0.717) is 36.7 Å². The van der Waals surface area contributed by atoms with Crippen LogP contribution in [-0.4, -0.2) is 61.1 Å². The predicted octanol–water partition coefficient (Wildman–Crippen LogP) is 3.14. The summed E-state index contributed by atoms with van der Waals surface area (Å²) in [5, 5.41) is 9.58. The first-order valence-electron chi connectivity index (χ1n) is 12.3. The van der Waals surface area contributed by atoms with Crippen LogP contribution in [0.15, 0.2) is 53.6 Å². The van der Waals surface area contributed by atoms with Crippen molar-refractivity contribution in [3.63, 3.8) is 0 Å². The number of carbonyl (C=O) groups is 2. The maximum atomic E-state index is 14.2. The molecule has 1 N–H and O–H groups in total. The lowest BCUT2D eigenvalue weighted by Gasteiger charge is -2.45. The quantitative estimate of drug-likeness (QED) is 0.691. The molecule has 8 heteroatoms. The SMILES string of the molecule is CC(=O)C1=NN2c3cc(F)ccc3OCC2[C@]1(c1ccccc1)C(C)CCN1CCNC(=O)CC1. The number of ether oxygens (including phenoxy) is 1. The Balaban J connectivity index is 1.54. The molecule has 3 aliphatic rings. The molecule has 7 nitrogen and oxygen atoms in total. The number of hydrogen-bond donors (Lipinski definition) is 1. The molecule has 1 fully saturated rings. The van der Waals surface area contributed by atoms with Gasteiger partial charge in [0.25, 0.3) is 0 Å². The fourth-order valence-corrected chi connectivity index (χ4v) is 5.89. The zero-order valence-corrected chi connectivity index (χ0v) is 20.2. The van der Waals surface area contributed by atoms with Crippen LogP contribution in [0.25, 0.3) is 0 Å². The number of benzene rings is 2. The highest BCUT2D eigenvalue weighted by molar-refractivity contribution is 6.43. The van der Waals surface area contributed by atoms with Crippen LogP contribution < -0.4 is 15.1 Å². The lowest BCUT2D eigenvalue weighted by atomic mass is 9.61. The minimum atomic E-state index is -0.725. The predicted molar refractivity (Wildman–Crippen MR) is 132 cm³/mol.